The second-order valence-corrected chi connectivity index (χ2v) is 17.3. The monoisotopic (exact) mass is 861 g/mol. The van der Waals surface area contributed by atoms with E-state index in [4.69, 9.17) is 19.3 Å². The maximum atomic E-state index is 12.4. The molecule has 0 aliphatic carbocycles. The molecule has 0 rings (SSSR count). The van der Waals surface area contributed by atoms with Gasteiger partial charge in [0.2, 0.25) is 0 Å². The molecule has 2 N–H and O–H groups in total. The first kappa shape index (κ1) is 57.5. The molecule has 0 aromatic rings. The molecule has 346 valence electrons. The normalized spacial score (nSPS) is 13.1. The summed E-state index contributed by atoms with van der Waals surface area (Å²) in [7, 11) is -4.78. The van der Waals surface area contributed by atoms with Crippen LogP contribution >= 0.6 is 7.82 Å². The van der Waals surface area contributed by atoms with Crippen molar-refractivity contribution in [2.45, 2.75) is 225 Å². The molecule has 0 aliphatic heterocycles. The Hall–Kier alpha value is -2.51. The van der Waals surface area contributed by atoms with Gasteiger partial charge in [0, 0.05) is 12.8 Å². The molecule has 0 aliphatic rings. The van der Waals surface area contributed by atoms with Crippen molar-refractivity contribution in [1.82, 2.24) is 0 Å². The minimum absolute atomic E-state index is 0.142. The third-order valence-corrected chi connectivity index (χ3v) is 10.7. The molecule has 0 saturated heterocycles. The molecule has 0 spiro atoms. The van der Waals surface area contributed by atoms with Crippen molar-refractivity contribution in [3.63, 3.8) is 0 Å². The Bertz CT molecular complexity index is 1200. The van der Waals surface area contributed by atoms with Gasteiger partial charge in [0.05, 0.1) is 6.61 Å². The van der Waals surface area contributed by atoms with Gasteiger partial charge in [-0.2, -0.15) is 0 Å². The largest absolute Gasteiger partial charge is 0.469 e. The van der Waals surface area contributed by atoms with Crippen LogP contribution in [0.3, 0.4) is 0 Å². The summed E-state index contributed by atoms with van der Waals surface area (Å²) in [5, 5.41) is 0. The average Bonchev–Trinajstić information content (AvgIpc) is 3.22. The maximum Gasteiger partial charge on any atom is 0.469 e. The summed E-state index contributed by atoms with van der Waals surface area (Å²) >= 11 is 0. The van der Waals surface area contributed by atoms with Crippen LogP contribution in [0.15, 0.2) is 72.9 Å². The van der Waals surface area contributed by atoms with Crippen LogP contribution in [-0.2, 0) is 28.2 Å². The van der Waals surface area contributed by atoms with Crippen LogP contribution in [0.1, 0.15) is 219 Å². The number of hydrogen-bond donors (Lipinski definition) is 2. The second kappa shape index (κ2) is 46.0. The Balaban J connectivity index is 3.97. The van der Waals surface area contributed by atoms with Gasteiger partial charge < -0.3 is 19.3 Å². The maximum absolute atomic E-state index is 12.4. The summed E-state index contributed by atoms with van der Waals surface area (Å²) in [6.07, 6.45) is 60.7. The van der Waals surface area contributed by atoms with Crippen molar-refractivity contribution in [3.05, 3.63) is 72.9 Å². The van der Waals surface area contributed by atoms with E-state index in [9.17, 15) is 14.2 Å². The van der Waals surface area contributed by atoms with Crippen molar-refractivity contribution in [3.8, 4) is 0 Å². The zero-order chi connectivity index (χ0) is 43.9. The van der Waals surface area contributed by atoms with Crippen molar-refractivity contribution < 1.29 is 37.9 Å². The zero-order valence-corrected chi connectivity index (χ0v) is 39.2. The number of phosphoric ester groups is 1. The molecule has 60 heavy (non-hydrogen) atoms. The van der Waals surface area contributed by atoms with E-state index in [1.54, 1.807) is 0 Å². The molecular formula is C51H89O8P. The minimum Gasteiger partial charge on any atom is -0.462 e. The summed E-state index contributed by atoms with van der Waals surface area (Å²) in [5.74, 6) is -0.971. The van der Waals surface area contributed by atoms with Crippen LogP contribution in [0.4, 0.5) is 0 Å². The Morgan fingerprint density at radius 2 is 0.783 bits per heavy atom. The van der Waals surface area contributed by atoms with E-state index >= 15 is 0 Å². The molecule has 0 fully saturated rings. The summed E-state index contributed by atoms with van der Waals surface area (Å²) in [5.41, 5.74) is 0. The van der Waals surface area contributed by atoms with E-state index < -0.39 is 32.5 Å². The number of carbonyl (C=O) groups excluding carboxylic acids is 2. The highest BCUT2D eigenvalue weighted by atomic mass is 31.2. The third kappa shape index (κ3) is 48.2. The Labute approximate surface area is 368 Å². The molecule has 0 aromatic heterocycles. The number of esters is 2. The number of carbonyl (C=O) groups is 2. The Morgan fingerprint density at radius 1 is 0.433 bits per heavy atom. The van der Waals surface area contributed by atoms with Crippen LogP contribution in [-0.4, -0.2) is 41.0 Å². The first-order valence-corrected chi connectivity index (χ1v) is 25.8. The Kier molecular flexibility index (Phi) is 44.1. The molecule has 0 amide bonds. The van der Waals surface area contributed by atoms with Gasteiger partial charge in [-0.05, 0) is 89.9 Å². The quantitative estimate of drug-likeness (QED) is 0.0269. The van der Waals surface area contributed by atoms with Crippen LogP contribution in [0.2, 0.25) is 0 Å². The molecule has 0 radical (unpaired) electrons. The van der Waals surface area contributed by atoms with Crippen LogP contribution < -0.4 is 0 Å². The van der Waals surface area contributed by atoms with Crippen molar-refractivity contribution in [2.24, 2.45) is 0 Å². The van der Waals surface area contributed by atoms with Crippen molar-refractivity contribution >= 4 is 19.8 Å². The van der Waals surface area contributed by atoms with E-state index in [0.29, 0.717) is 12.8 Å². The van der Waals surface area contributed by atoms with Gasteiger partial charge in [-0.25, -0.2) is 4.57 Å². The van der Waals surface area contributed by atoms with Gasteiger partial charge in [0.15, 0.2) is 6.10 Å². The van der Waals surface area contributed by atoms with Crippen LogP contribution in [0.25, 0.3) is 0 Å². The fourth-order valence-electron chi connectivity index (χ4n) is 6.55. The van der Waals surface area contributed by atoms with E-state index in [1.165, 1.54) is 116 Å². The number of rotatable bonds is 44. The smallest absolute Gasteiger partial charge is 0.462 e. The molecular weight excluding hydrogens is 772 g/mol. The molecule has 8 nitrogen and oxygen atoms in total. The molecule has 1 atom stereocenters. The SMILES string of the molecule is CCCCC/C=C/C/C=C/C/C=C/C/C=C/CCCCCC(=O)OC[C@H](COP(=O)(O)O)OC(=O)CCC/C=C/CC/C=C/CCCCCCCCCCCCCCCC. The van der Waals surface area contributed by atoms with Crippen LogP contribution in [0.5, 0.6) is 0 Å². The predicted molar refractivity (Wildman–Crippen MR) is 253 cm³/mol. The zero-order valence-electron chi connectivity index (χ0n) is 38.3. The number of phosphoric acid groups is 1. The van der Waals surface area contributed by atoms with Crippen molar-refractivity contribution in [2.75, 3.05) is 13.2 Å². The van der Waals surface area contributed by atoms with E-state index in [0.717, 1.165) is 64.2 Å². The average molecular weight is 861 g/mol. The second-order valence-electron chi connectivity index (χ2n) is 16.1. The number of allylic oxidation sites excluding steroid dienone is 12. The van der Waals surface area contributed by atoms with Crippen molar-refractivity contribution in [1.29, 1.82) is 0 Å². The lowest BCUT2D eigenvalue weighted by atomic mass is 10.0. The Morgan fingerprint density at radius 3 is 1.27 bits per heavy atom. The summed E-state index contributed by atoms with van der Waals surface area (Å²) in [6, 6.07) is 0. The topological polar surface area (TPSA) is 119 Å². The highest BCUT2D eigenvalue weighted by molar-refractivity contribution is 7.46. The summed E-state index contributed by atoms with van der Waals surface area (Å²) < 4.78 is 26.4. The number of ether oxygens (including phenoxy) is 2. The van der Waals surface area contributed by atoms with Gasteiger partial charge >= 0.3 is 19.8 Å². The highest BCUT2D eigenvalue weighted by Crippen LogP contribution is 2.36. The molecule has 0 aromatic carbocycles. The lowest BCUT2D eigenvalue weighted by molar-refractivity contribution is -0.161. The molecule has 9 heteroatoms. The molecule has 0 heterocycles. The number of unbranched alkanes of at least 4 members (excludes halogenated alkanes) is 22. The summed E-state index contributed by atoms with van der Waals surface area (Å²) in [4.78, 5) is 43.0. The van der Waals surface area contributed by atoms with E-state index in [-0.39, 0.29) is 19.4 Å². The lowest BCUT2D eigenvalue weighted by Gasteiger charge is -2.18. The van der Waals surface area contributed by atoms with Gasteiger partial charge in [-0.1, -0.05) is 189 Å². The fourth-order valence-corrected chi connectivity index (χ4v) is 6.91. The van der Waals surface area contributed by atoms with Gasteiger partial charge in [0.1, 0.15) is 6.61 Å². The minimum atomic E-state index is -4.78. The van der Waals surface area contributed by atoms with Gasteiger partial charge in [-0.15, -0.1) is 0 Å². The predicted octanol–water partition coefficient (Wildman–Crippen LogP) is 15.4. The molecule has 0 unspecified atom stereocenters. The standard InChI is InChI=1S/C51H89O8P/c1-3-5-7-9-11-13-15-17-19-21-23-24-25-26-28-30-32-34-36-38-40-42-44-46-51(53)59-49(48-58-60(54,55)56)47-57-50(52)45-43-41-39-37-35-33-31-29-27-22-20-18-16-14-12-10-8-6-4-2/h12,14,18,20,27,29-30,32-33,35,38,40,49H,3-11,13,15-17,19,21-26,28,31,34,36-37,39,41-48H2,1-2H3,(H2,54,55,56)/b14-12+,20-18+,29-27+,32-30+,35-33+,40-38+/t49-/m1/s1. The third-order valence-electron chi connectivity index (χ3n) is 10.2. The highest BCUT2D eigenvalue weighted by Gasteiger charge is 2.22. The first-order chi connectivity index (χ1) is 29.3. The molecule has 0 saturated carbocycles. The van der Waals surface area contributed by atoms with Crippen LogP contribution in [0, 0.1) is 0 Å². The van der Waals surface area contributed by atoms with Gasteiger partial charge in [-0.3, -0.25) is 14.1 Å². The van der Waals surface area contributed by atoms with E-state index in [1.807, 2.05) is 0 Å². The van der Waals surface area contributed by atoms with E-state index in [2.05, 4.69) is 91.3 Å². The first-order valence-electron chi connectivity index (χ1n) is 24.2. The number of hydrogen-bond acceptors (Lipinski definition) is 6. The fraction of sp³-hybridized carbons (Fsp3) is 0.725. The van der Waals surface area contributed by atoms with Gasteiger partial charge in [0.25, 0.3) is 0 Å². The molecule has 0 bridgehead atoms. The lowest BCUT2D eigenvalue weighted by Crippen LogP contribution is -2.29. The summed E-state index contributed by atoms with van der Waals surface area (Å²) in [6.45, 7) is 3.62.